The van der Waals surface area contributed by atoms with Gasteiger partial charge in [0.15, 0.2) is 0 Å². The van der Waals surface area contributed by atoms with E-state index in [1.54, 1.807) is 31.2 Å². The molecule has 1 aliphatic heterocycles. The molecule has 13 heteroatoms. The van der Waals surface area contributed by atoms with Crippen molar-refractivity contribution in [2.75, 3.05) is 0 Å². The number of halogens is 7. The summed E-state index contributed by atoms with van der Waals surface area (Å²) in [5.41, 5.74) is -0.329. The van der Waals surface area contributed by atoms with Gasteiger partial charge in [-0.1, -0.05) is 31.5 Å². The summed E-state index contributed by atoms with van der Waals surface area (Å²) >= 11 is 0. The van der Waals surface area contributed by atoms with Crippen LogP contribution >= 0.6 is 0 Å². The number of amides is 1. The molecule has 0 bridgehead atoms. The van der Waals surface area contributed by atoms with Crippen molar-refractivity contribution in [1.29, 1.82) is 0 Å². The zero-order valence-corrected chi connectivity index (χ0v) is 25.8. The number of alkyl halides is 6. The predicted molar refractivity (Wildman–Crippen MR) is 161 cm³/mol. The van der Waals surface area contributed by atoms with Crippen LogP contribution in [0.5, 0.6) is 0 Å². The van der Waals surface area contributed by atoms with E-state index in [1.807, 2.05) is 6.92 Å². The average Bonchev–Trinajstić information content (AvgIpc) is 3.29. The molecule has 3 aromatic carbocycles. The van der Waals surface area contributed by atoms with Gasteiger partial charge in [-0.05, 0) is 91.1 Å². The molecule has 1 amide bonds. The highest BCUT2D eigenvalue weighted by Gasteiger charge is 2.43. The normalized spacial score (nSPS) is 16.7. The Hall–Kier alpha value is -4.94. The number of rotatable bonds is 8. The smallest absolute Gasteiger partial charge is 0.416 e. The second-order valence-corrected chi connectivity index (χ2v) is 11.6. The summed E-state index contributed by atoms with van der Waals surface area (Å²) in [6.45, 7) is 4.79. The molecule has 1 saturated heterocycles. The summed E-state index contributed by atoms with van der Waals surface area (Å²) in [6.07, 6.45) is -11.4. The van der Waals surface area contributed by atoms with Crippen molar-refractivity contribution in [2.45, 2.75) is 64.7 Å². The third-order valence-corrected chi connectivity index (χ3v) is 8.23. The minimum absolute atomic E-state index is 0.00278. The standard InChI is InChI=1S/C35H29F7N2O4/c1-4-5-25-8-10-27(28-15-20(7-11-29(28)36)26-9-6-21(32(45)46)12-18(26)2)30(43-25)17-44-19(3)31(48-33(44)47)22-13-23(34(37,38)39)16-24(14-22)35(40,41)42/h6-16,19,31H,4-5,17H2,1-3H3,(H,45,46)/t19-,31-/m0/s1. The number of pyridine rings is 1. The molecule has 6 nitrogen and oxygen atoms in total. The number of ether oxygens (including phenoxy) is 1. The molecule has 48 heavy (non-hydrogen) atoms. The van der Waals surface area contributed by atoms with Crippen LogP contribution in [0, 0.1) is 12.7 Å². The van der Waals surface area contributed by atoms with Gasteiger partial charge in [-0.2, -0.15) is 26.3 Å². The highest BCUT2D eigenvalue weighted by molar-refractivity contribution is 5.89. The van der Waals surface area contributed by atoms with E-state index in [0.29, 0.717) is 52.9 Å². The Kier molecular flexibility index (Phi) is 9.26. The van der Waals surface area contributed by atoms with Gasteiger partial charge >= 0.3 is 24.4 Å². The molecule has 2 atom stereocenters. The molecule has 0 unspecified atom stereocenters. The maximum absolute atomic E-state index is 15.5. The van der Waals surface area contributed by atoms with E-state index in [-0.39, 0.29) is 29.4 Å². The lowest BCUT2D eigenvalue weighted by Crippen LogP contribution is -2.32. The predicted octanol–water partition coefficient (Wildman–Crippen LogP) is 9.63. The Labute approximate surface area is 270 Å². The Balaban J connectivity index is 1.54. The minimum atomic E-state index is -5.09. The molecule has 0 aliphatic carbocycles. The highest BCUT2D eigenvalue weighted by Crippen LogP contribution is 2.42. The van der Waals surface area contributed by atoms with Crippen molar-refractivity contribution in [1.82, 2.24) is 9.88 Å². The third-order valence-electron chi connectivity index (χ3n) is 8.23. The summed E-state index contributed by atoms with van der Waals surface area (Å²) in [5, 5.41) is 9.33. The molecule has 252 valence electrons. The van der Waals surface area contributed by atoms with E-state index < -0.39 is 59.1 Å². The number of benzene rings is 3. The number of cyclic esters (lactones) is 1. The van der Waals surface area contributed by atoms with Crippen molar-refractivity contribution in [3.8, 4) is 22.3 Å². The van der Waals surface area contributed by atoms with Crippen LogP contribution in [0.1, 0.15) is 70.4 Å². The van der Waals surface area contributed by atoms with E-state index in [4.69, 9.17) is 4.74 Å². The largest absolute Gasteiger partial charge is 0.478 e. The van der Waals surface area contributed by atoms with Crippen LogP contribution < -0.4 is 0 Å². The van der Waals surface area contributed by atoms with Gasteiger partial charge in [-0.3, -0.25) is 9.88 Å². The molecular weight excluding hydrogens is 645 g/mol. The van der Waals surface area contributed by atoms with Crippen molar-refractivity contribution in [2.24, 2.45) is 0 Å². The number of carbonyl (C=O) groups is 2. The average molecular weight is 675 g/mol. The fraction of sp³-hybridized carbons (Fsp3) is 0.286. The molecular formula is C35H29F7N2O4. The van der Waals surface area contributed by atoms with Crippen LogP contribution in [0.25, 0.3) is 22.3 Å². The van der Waals surface area contributed by atoms with E-state index in [0.717, 1.165) is 4.90 Å². The number of carboxylic acids is 1. The van der Waals surface area contributed by atoms with E-state index in [1.165, 1.54) is 31.2 Å². The molecule has 0 radical (unpaired) electrons. The maximum atomic E-state index is 15.5. The van der Waals surface area contributed by atoms with Gasteiger partial charge in [0.25, 0.3) is 0 Å². The van der Waals surface area contributed by atoms with Crippen molar-refractivity contribution < 1.29 is 50.2 Å². The van der Waals surface area contributed by atoms with Crippen LogP contribution in [-0.4, -0.2) is 33.1 Å². The SMILES string of the molecule is CCCc1ccc(-c2cc(-c3ccc(C(=O)O)cc3C)ccc2F)c(CN2C(=O)O[C@H](c3cc(C(F)(F)F)cc(C(F)(F)F)c3)[C@@H]2C)n1. The summed E-state index contributed by atoms with van der Waals surface area (Å²) in [7, 11) is 0. The van der Waals surface area contributed by atoms with Gasteiger partial charge in [-0.25, -0.2) is 14.0 Å². The lowest BCUT2D eigenvalue weighted by molar-refractivity contribution is -0.143. The van der Waals surface area contributed by atoms with Crippen molar-refractivity contribution in [3.05, 3.63) is 112 Å². The first-order valence-electron chi connectivity index (χ1n) is 14.9. The molecule has 1 fully saturated rings. The number of hydrogen-bond acceptors (Lipinski definition) is 4. The summed E-state index contributed by atoms with van der Waals surface area (Å²) in [5.74, 6) is -1.72. The van der Waals surface area contributed by atoms with Gasteiger partial charge in [0.1, 0.15) is 11.9 Å². The lowest BCUT2D eigenvalue weighted by Gasteiger charge is -2.23. The number of carboxylic acid groups (broad SMARTS) is 1. The Morgan fingerprint density at radius 2 is 1.54 bits per heavy atom. The zero-order valence-electron chi connectivity index (χ0n) is 25.8. The number of nitrogens with zero attached hydrogens (tertiary/aromatic N) is 2. The Morgan fingerprint density at radius 3 is 2.12 bits per heavy atom. The second kappa shape index (κ2) is 12.9. The van der Waals surface area contributed by atoms with Crippen LogP contribution in [0.2, 0.25) is 0 Å². The number of aryl methyl sites for hydroxylation is 2. The van der Waals surface area contributed by atoms with Crippen LogP contribution in [0.15, 0.2) is 66.7 Å². The maximum Gasteiger partial charge on any atom is 0.416 e. The molecule has 2 heterocycles. The molecule has 1 aromatic heterocycles. The van der Waals surface area contributed by atoms with Crippen molar-refractivity contribution >= 4 is 12.1 Å². The lowest BCUT2D eigenvalue weighted by atomic mass is 9.94. The molecule has 0 spiro atoms. The number of hydrogen-bond donors (Lipinski definition) is 1. The summed E-state index contributed by atoms with van der Waals surface area (Å²) in [6, 6.07) is 12.3. The fourth-order valence-corrected chi connectivity index (χ4v) is 5.79. The van der Waals surface area contributed by atoms with E-state index in [2.05, 4.69) is 4.98 Å². The number of carbonyl (C=O) groups excluding carboxylic acids is 1. The zero-order chi connectivity index (χ0) is 35.1. The molecule has 1 aliphatic rings. The van der Waals surface area contributed by atoms with E-state index >= 15 is 4.39 Å². The first kappa shape index (κ1) is 34.4. The fourth-order valence-electron chi connectivity index (χ4n) is 5.79. The molecule has 5 rings (SSSR count). The van der Waals surface area contributed by atoms with E-state index in [9.17, 15) is 41.0 Å². The van der Waals surface area contributed by atoms with Crippen LogP contribution in [-0.2, 0) is 30.1 Å². The Bertz CT molecular complexity index is 1860. The van der Waals surface area contributed by atoms with Crippen molar-refractivity contribution in [3.63, 3.8) is 0 Å². The third kappa shape index (κ3) is 6.99. The number of aromatic nitrogens is 1. The molecule has 0 saturated carbocycles. The van der Waals surface area contributed by atoms with Gasteiger partial charge in [-0.15, -0.1) is 0 Å². The number of aromatic carboxylic acids is 1. The van der Waals surface area contributed by atoms with Gasteiger partial charge in [0, 0.05) is 16.8 Å². The highest BCUT2D eigenvalue weighted by atomic mass is 19.4. The van der Waals surface area contributed by atoms with Gasteiger partial charge in [0.05, 0.1) is 35.0 Å². The first-order valence-corrected chi connectivity index (χ1v) is 14.9. The van der Waals surface area contributed by atoms with Crippen LogP contribution in [0.4, 0.5) is 35.5 Å². The molecule has 4 aromatic rings. The first-order chi connectivity index (χ1) is 22.5. The topological polar surface area (TPSA) is 79.7 Å². The molecule has 1 N–H and O–H groups in total. The van der Waals surface area contributed by atoms with Gasteiger partial charge in [0.2, 0.25) is 0 Å². The second-order valence-electron chi connectivity index (χ2n) is 11.6. The van der Waals surface area contributed by atoms with Gasteiger partial charge < -0.3 is 9.84 Å². The summed E-state index contributed by atoms with van der Waals surface area (Å²) in [4.78, 5) is 30.4. The van der Waals surface area contributed by atoms with Crippen LogP contribution in [0.3, 0.4) is 0 Å². The quantitative estimate of drug-likeness (QED) is 0.188. The summed E-state index contributed by atoms with van der Waals surface area (Å²) < 4.78 is 102. The minimum Gasteiger partial charge on any atom is -0.478 e. The Morgan fingerprint density at radius 1 is 0.896 bits per heavy atom. The monoisotopic (exact) mass is 674 g/mol.